The molecule has 1 amide bonds. The monoisotopic (exact) mass is 274 g/mol. The summed E-state index contributed by atoms with van der Waals surface area (Å²) in [6, 6.07) is 8.02. The molecule has 0 spiro atoms. The van der Waals surface area contributed by atoms with Gasteiger partial charge in [0.15, 0.2) is 0 Å². The van der Waals surface area contributed by atoms with E-state index in [-0.39, 0.29) is 17.6 Å². The number of anilines is 1. The van der Waals surface area contributed by atoms with Crippen molar-refractivity contribution in [2.75, 3.05) is 18.5 Å². The second kappa shape index (κ2) is 5.46. The Morgan fingerprint density at radius 1 is 1.35 bits per heavy atom. The van der Waals surface area contributed by atoms with Crippen LogP contribution in [0.25, 0.3) is 5.69 Å². The number of amides is 1. The molecule has 104 valence electrons. The number of ether oxygens (including phenoxy) is 1. The lowest BCUT2D eigenvalue weighted by molar-refractivity contribution is -0.119. The number of rotatable bonds is 3. The first kappa shape index (κ1) is 12.9. The molecule has 1 aromatic carbocycles. The third-order valence-electron chi connectivity index (χ3n) is 3.40. The first-order valence-corrected chi connectivity index (χ1v) is 6.55. The van der Waals surface area contributed by atoms with Gasteiger partial charge in [-0.2, -0.15) is 0 Å². The number of benzene rings is 1. The van der Waals surface area contributed by atoms with Gasteiger partial charge >= 0.3 is 0 Å². The summed E-state index contributed by atoms with van der Waals surface area (Å²) in [5.41, 5.74) is 1.21. The molecule has 1 unspecified atom stereocenters. The highest BCUT2D eigenvalue weighted by Gasteiger charge is 2.24. The molecule has 1 atom stereocenters. The van der Waals surface area contributed by atoms with Crippen LogP contribution in [0.4, 0.5) is 10.1 Å². The van der Waals surface area contributed by atoms with Crippen LogP contribution in [0.15, 0.2) is 42.7 Å². The van der Waals surface area contributed by atoms with Gasteiger partial charge in [0.25, 0.3) is 0 Å². The van der Waals surface area contributed by atoms with Crippen LogP contribution < -0.4 is 5.32 Å². The van der Waals surface area contributed by atoms with Crippen LogP contribution in [0.5, 0.6) is 0 Å². The van der Waals surface area contributed by atoms with Crippen molar-refractivity contribution in [1.82, 2.24) is 4.57 Å². The summed E-state index contributed by atoms with van der Waals surface area (Å²) in [5, 5.41) is 2.86. The van der Waals surface area contributed by atoms with E-state index in [0.29, 0.717) is 24.6 Å². The average Bonchev–Trinajstić information content (AvgIpc) is 3.13. The van der Waals surface area contributed by atoms with Crippen molar-refractivity contribution >= 4 is 11.6 Å². The van der Waals surface area contributed by atoms with Gasteiger partial charge in [0.2, 0.25) is 5.91 Å². The molecule has 1 aliphatic rings. The van der Waals surface area contributed by atoms with E-state index in [4.69, 9.17) is 4.74 Å². The topological polar surface area (TPSA) is 43.3 Å². The first-order valence-electron chi connectivity index (χ1n) is 6.55. The van der Waals surface area contributed by atoms with Crippen molar-refractivity contribution in [3.05, 3.63) is 48.5 Å². The zero-order valence-corrected chi connectivity index (χ0v) is 10.9. The highest BCUT2D eigenvalue weighted by atomic mass is 19.1. The Balaban J connectivity index is 1.87. The Kier molecular flexibility index (Phi) is 3.52. The molecule has 1 aromatic heterocycles. The molecule has 0 radical (unpaired) electrons. The summed E-state index contributed by atoms with van der Waals surface area (Å²) in [4.78, 5) is 12.1. The Morgan fingerprint density at radius 3 is 2.85 bits per heavy atom. The van der Waals surface area contributed by atoms with Crippen LogP contribution in [-0.4, -0.2) is 23.7 Å². The fourth-order valence-electron chi connectivity index (χ4n) is 2.30. The lowest BCUT2D eigenvalue weighted by Crippen LogP contribution is -2.23. The van der Waals surface area contributed by atoms with E-state index in [1.54, 1.807) is 10.6 Å². The smallest absolute Gasteiger partial charge is 0.229 e. The van der Waals surface area contributed by atoms with Crippen LogP contribution >= 0.6 is 0 Å². The maximum atomic E-state index is 13.4. The van der Waals surface area contributed by atoms with Crippen molar-refractivity contribution in [2.24, 2.45) is 5.92 Å². The molecule has 0 saturated carbocycles. The molecule has 0 aliphatic carbocycles. The van der Waals surface area contributed by atoms with Crippen molar-refractivity contribution in [3.8, 4) is 5.69 Å². The molecule has 1 aliphatic heterocycles. The molecule has 1 saturated heterocycles. The highest BCUT2D eigenvalue weighted by molar-refractivity contribution is 5.94. The molecule has 20 heavy (non-hydrogen) atoms. The van der Waals surface area contributed by atoms with Crippen LogP contribution in [0.2, 0.25) is 0 Å². The van der Waals surface area contributed by atoms with Gasteiger partial charge in [0.1, 0.15) is 5.82 Å². The highest BCUT2D eigenvalue weighted by Crippen LogP contribution is 2.23. The second-order valence-corrected chi connectivity index (χ2v) is 4.80. The zero-order valence-electron chi connectivity index (χ0n) is 10.9. The minimum Gasteiger partial charge on any atom is -0.381 e. The summed E-state index contributed by atoms with van der Waals surface area (Å²) in [6.07, 6.45) is 4.35. The van der Waals surface area contributed by atoms with E-state index < -0.39 is 0 Å². The van der Waals surface area contributed by atoms with E-state index >= 15 is 0 Å². The number of nitrogens with zero attached hydrogens (tertiary/aromatic N) is 1. The fraction of sp³-hybridized carbons (Fsp3) is 0.267. The zero-order chi connectivity index (χ0) is 13.9. The van der Waals surface area contributed by atoms with Gasteiger partial charge in [0.05, 0.1) is 23.9 Å². The summed E-state index contributed by atoms with van der Waals surface area (Å²) < 4.78 is 20.4. The fourth-order valence-corrected chi connectivity index (χ4v) is 2.30. The lowest BCUT2D eigenvalue weighted by Gasteiger charge is -2.14. The number of carbonyl (C=O) groups is 1. The largest absolute Gasteiger partial charge is 0.381 e. The van der Waals surface area contributed by atoms with Gasteiger partial charge in [0, 0.05) is 19.0 Å². The van der Waals surface area contributed by atoms with Crippen LogP contribution in [-0.2, 0) is 9.53 Å². The maximum absolute atomic E-state index is 13.4. The lowest BCUT2D eigenvalue weighted by atomic mass is 10.1. The van der Waals surface area contributed by atoms with E-state index in [1.807, 2.05) is 24.5 Å². The molecule has 2 aromatic rings. The van der Waals surface area contributed by atoms with Crippen molar-refractivity contribution < 1.29 is 13.9 Å². The molecule has 4 nitrogen and oxygen atoms in total. The Morgan fingerprint density at radius 2 is 2.15 bits per heavy atom. The number of halogens is 1. The summed E-state index contributed by atoms with van der Waals surface area (Å²) >= 11 is 0. The number of hydrogen-bond acceptors (Lipinski definition) is 2. The summed E-state index contributed by atoms with van der Waals surface area (Å²) in [6.45, 7) is 1.07. The first-order chi connectivity index (χ1) is 9.74. The Labute approximate surface area is 116 Å². The molecule has 5 heteroatoms. The Bertz CT molecular complexity index is 604. The van der Waals surface area contributed by atoms with E-state index in [9.17, 15) is 9.18 Å². The number of hydrogen-bond donors (Lipinski definition) is 1. The third kappa shape index (κ3) is 2.58. The maximum Gasteiger partial charge on any atom is 0.229 e. The molecule has 0 bridgehead atoms. The van der Waals surface area contributed by atoms with Crippen molar-refractivity contribution in [2.45, 2.75) is 6.42 Å². The molecular formula is C15H15FN2O2. The predicted octanol–water partition coefficient (Wildman–Crippen LogP) is 2.59. The molecule has 1 N–H and O–H groups in total. The van der Waals surface area contributed by atoms with Gasteiger partial charge in [-0.1, -0.05) is 0 Å². The molecule has 1 fully saturated rings. The number of nitrogens with one attached hydrogen (secondary N) is 1. The van der Waals surface area contributed by atoms with Crippen molar-refractivity contribution in [3.63, 3.8) is 0 Å². The van der Waals surface area contributed by atoms with Gasteiger partial charge in [-0.05, 0) is 36.8 Å². The minimum atomic E-state index is -0.337. The molecular weight excluding hydrogens is 259 g/mol. The van der Waals surface area contributed by atoms with Crippen LogP contribution in [0, 0.1) is 11.7 Å². The normalized spacial score (nSPS) is 18.1. The molecule has 3 rings (SSSR count). The van der Waals surface area contributed by atoms with Gasteiger partial charge < -0.3 is 14.6 Å². The van der Waals surface area contributed by atoms with Gasteiger partial charge in [-0.3, -0.25) is 4.79 Å². The number of aromatic nitrogens is 1. The predicted molar refractivity (Wildman–Crippen MR) is 73.3 cm³/mol. The van der Waals surface area contributed by atoms with Gasteiger partial charge in [-0.15, -0.1) is 0 Å². The van der Waals surface area contributed by atoms with Crippen molar-refractivity contribution in [1.29, 1.82) is 0 Å². The number of carbonyl (C=O) groups excluding carboxylic acids is 1. The minimum absolute atomic E-state index is 0.0810. The van der Waals surface area contributed by atoms with Crippen LogP contribution in [0.3, 0.4) is 0 Å². The van der Waals surface area contributed by atoms with E-state index in [1.165, 1.54) is 12.1 Å². The second-order valence-electron chi connectivity index (χ2n) is 4.80. The summed E-state index contributed by atoms with van der Waals surface area (Å²) in [7, 11) is 0. The summed E-state index contributed by atoms with van der Waals surface area (Å²) in [5.74, 6) is -0.545. The standard InChI is InChI=1S/C15H15FN2O2/c16-12-3-4-13(14(9-12)18-6-1-2-7-18)17-15(19)11-5-8-20-10-11/h1-4,6-7,9,11H,5,8,10H2,(H,17,19). The quantitative estimate of drug-likeness (QED) is 0.935. The van der Waals surface area contributed by atoms with Crippen LogP contribution in [0.1, 0.15) is 6.42 Å². The van der Waals surface area contributed by atoms with E-state index in [2.05, 4.69) is 5.32 Å². The third-order valence-corrected chi connectivity index (χ3v) is 3.40. The average molecular weight is 274 g/mol. The van der Waals surface area contributed by atoms with Gasteiger partial charge in [-0.25, -0.2) is 4.39 Å². The molecule has 2 heterocycles. The van der Waals surface area contributed by atoms with E-state index in [0.717, 1.165) is 6.42 Å². The SMILES string of the molecule is O=C(Nc1ccc(F)cc1-n1cccc1)C1CCOC1. The Hall–Kier alpha value is -2.14.